The lowest BCUT2D eigenvalue weighted by atomic mass is 10.1. The molecule has 2 aromatic carbocycles. The number of benzene rings is 2. The van der Waals surface area contributed by atoms with Gasteiger partial charge in [0, 0.05) is 11.6 Å². The lowest BCUT2D eigenvalue weighted by Gasteiger charge is -2.08. The van der Waals surface area contributed by atoms with Crippen LogP contribution in [0.25, 0.3) is 0 Å². The van der Waals surface area contributed by atoms with Crippen LogP contribution in [0.4, 0.5) is 15.8 Å². The Morgan fingerprint density at radius 1 is 1.23 bits per heavy atom. The Morgan fingerprint density at radius 2 is 1.86 bits per heavy atom. The van der Waals surface area contributed by atoms with Crippen molar-refractivity contribution in [2.24, 2.45) is 5.92 Å². The molecule has 0 aliphatic heterocycles. The Morgan fingerprint density at radius 3 is 2.50 bits per heavy atom. The number of hydrogen-bond donors (Lipinski definition) is 2. The van der Waals surface area contributed by atoms with Crippen LogP contribution in [0.2, 0.25) is 10.0 Å². The highest BCUT2D eigenvalue weighted by Gasteiger charge is 2.45. The van der Waals surface area contributed by atoms with Gasteiger partial charge in [-0.15, -0.1) is 0 Å². The molecule has 3 N–H and O–H groups in total. The first-order valence-corrected chi connectivity index (χ1v) is 7.52. The van der Waals surface area contributed by atoms with Crippen molar-refractivity contribution in [3.05, 3.63) is 57.8 Å². The molecule has 0 saturated heterocycles. The molecule has 2 atom stereocenters. The van der Waals surface area contributed by atoms with Crippen LogP contribution in [-0.4, -0.2) is 5.91 Å². The van der Waals surface area contributed by atoms with E-state index in [0.717, 1.165) is 0 Å². The summed E-state index contributed by atoms with van der Waals surface area (Å²) in [6.07, 6.45) is 0.628. The number of carbonyl (C=O) groups excluding carboxylic acids is 1. The quantitative estimate of drug-likeness (QED) is 0.812. The van der Waals surface area contributed by atoms with Crippen LogP contribution >= 0.6 is 23.2 Å². The third-order valence-corrected chi connectivity index (χ3v) is 4.40. The maximum Gasteiger partial charge on any atom is 0.228 e. The first kappa shape index (κ1) is 15.1. The van der Waals surface area contributed by atoms with Crippen molar-refractivity contribution in [2.75, 3.05) is 11.1 Å². The summed E-state index contributed by atoms with van der Waals surface area (Å²) in [6, 6.07) is 9.61. The molecule has 1 aliphatic carbocycles. The van der Waals surface area contributed by atoms with Gasteiger partial charge in [-0.1, -0.05) is 41.4 Å². The van der Waals surface area contributed by atoms with Crippen molar-refractivity contribution in [3.8, 4) is 0 Å². The van der Waals surface area contributed by atoms with Gasteiger partial charge in [0.2, 0.25) is 5.91 Å². The SMILES string of the molecule is Nc1c(Cl)cc(NC(=O)C2CC2c2ccccc2F)cc1Cl. The van der Waals surface area contributed by atoms with E-state index in [1.165, 1.54) is 6.07 Å². The van der Waals surface area contributed by atoms with E-state index in [-0.39, 0.29) is 39.3 Å². The standard InChI is InChI=1S/C16H13Cl2FN2O/c17-12-5-8(6-13(18)15(12)20)21-16(22)11-7-10(11)9-3-1-2-4-14(9)19/h1-6,10-11H,7,20H2,(H,21,22). The highest BCUT2D eigenvalue weighted by molar-refractivity contribution is 6.39. The second-order valence-electron chi connectivity index (χ2n) is 5.31. The Labute approximate surface area is 137 Å². The van der Waals surface area contributed by atoms with E-state index in [4.69, 9.17) is 28.9 Å². The van der Waals surface area contributed by atoms with Gasteiger partial charge in [-0.05, 0) is 36.1 Å². The molecule has 0 bridgehead atoms. The Kier molecular flexibility index (Phi) is 3.98. The van der Waals surface area contributed by atoms with Gasteiger partial charge < -0.3 is 11.1 Å². The summed E-state index contributed by atoms with van der Waals surface area (Å²) >= 11 is 11.9. The zero-order valence-corrected chi connectivity index (χ0v) is 13.0. The zero-order chi connectivity index (χ0) is 15.9. The Bertz CT molecular complexity index is 728. The third-order valence-electron chi connectivity index (χ3n) is 3.78. The number of carbonyl (C=O) groups is 1. The molecule has 2 unspecified atom stereocenters. The fourth-order valence-electron chi connectivity index (χ4n) is 2.50. The van der Waals surface area contributed by atoms with E-state index in [0.29, 0.717) is 17.7 Å². The van der Waals surface area contributed by atoms with Gasteiger partial charge in [0.05, 0.1) is 15.7 Å². The fraction of sp³-hybridized carbons (Fsp3) is 0.188. The average molecular weight is 339 g/mol. The van der Waals surface area contributed by atoms with Gasteiger partial charge in [0.25, 0.3) is 0 Å². The van der Waals surface area contributed by atoms with Crippen molar-refractivity contribution >= 4 is 40.5 Å². The van der Waals surface area contributed by atoms with Gasteiger partial charge in [-0.25, -0.2) is 4.39 Å². The van der Waals surface area contributed by atoms with Crippen molar-refractivity contribution in [1.29, 1.82) is 0 Å². The molecule has 3 rings (SSSR count). The van der Waals surface area contributed by atoms with Gasteiger partial charge in [0.1, 0.15) is 5.82 Å². The number of rotatable bonds is 3. The molecule has 1 aliphatic rings. The molecule has 1 amide bonds. The maximum atomic E-state index is 13.7. The van der Waals surface area contributed by atoms with Crippen molar-refractivity contribution in [2.45, 2.75) is 12.3 Å². The van der Waals surface area contributed by atoms with Crippen LogP contribution in [-0.2, 0) is 4.79 Å². The van der Waals surface area contributed by atoms with E-state index in [1.807, 2.05) is 0 Å². The highest BCUT2D eigenvalue weighted by atomic mass is 35.5. The Hall–Kier alpha value is -1.78. The van der Waals surface area contributed by atoms with Crippen LogP contribution in [0, 0.1) is 11.7 Å². The van der Waals surface area contributed by atoms with Crippen molar-refractivity contribution in [1.82, 2.24) is 0 Å². The van der Waals surface area contributed by atoms with Crippen LogP contribution < -0.4 is 11.1 Å². The minimum atomic E-state index is -0.277. The van der Waals surface area contributed by atoms with Gasteiger partial charge in [-0.2, -0.15) is 0 Å². The molecule has 3 nitrogen and oxygen atoms in total. The molecule has 2 aromatic rings. The number of nitrogens with two attached hydrogens (primary N) is 1. The minimum absolute atomic E-state index is 0.0825. The van der Waals surface area contributed by atoms with Crippen molar-refractivity contribution < 1.29 is 9.18 Å². The largest absolute Gasteiger partial charge is 0.396 e. The van der Waals surface area contributed by atoms with Crippen LogP contribution in [0.5, 0.6) is 0 Å². The monoisotopic (exact) mass is 338 g/mol. The van der Waals surface area contributed by atoms with E-state index >= 15 is 0 Å². The van der Waals surface area contributed by atoms with Crippen LogP contribution in [0.1, 0.15) is 17.9 Å². The predicted octanol–water partition coefficient (Wildman–Crippen LogP) is 4.46. The van der Waals surface area contributed by atoms with Gasteiger partial charge in [0.15, 0.2) is 0 Å². The summed E-state index contributed by atoms with van der Waals surface area (Å²) in [4.78, 5) is 12.2. The fourth-order valence-corrected chi connectivity index (χ4v) is 2.98. The summed E-state index contributed by atoms with van der Waals surface area (Å²) in [5, 5.41) is 3.31. The first-order valence-electron chi connectivity index (χ1n) is 6.77. The molecule has 0 heterocycles. The zero-order valence-electron chi connectivity index (χ0n) is 11.4. The van der Waals surface area contributed by atoms with E-state index in [2.05, 4.69) is 5.32 Å². The summed E-state index contributed by atoms with van der Waals surface area (Å²) in [5.74, 6) is -0.778. The number of nitrogen functional groups attached to an aromatic ring is 1. The second kappa shape index (κ2) is 5.78. The van der Waals surface area contributed by atoms with Crippen LogP contribution in [0.15, 0.2) is 36.4 Å². The summed E-state index contributed by atoms with van der Waals surface area (Å²) in [6.45, 7) is 0. The summed E-state index contributed by atoms with van der Waals surface area (Å²) < 4.78 is 13.7. The molecule has 0 spiro atoms. The minimum Gasteiger partial charge on any atom is -0.396 e. The first-order chi connectivity index (χ1) is 10.5. The molecule has 114 valence electrons. The van der Waals surface area contributed by atoms with E-state index < -0.39 is 0 Å². The lowest BCUT2D eigenvalue weighted by molar-refractivity contribution is -0.117. The molecule has 22 heavy (non-hydrogen) atoms. The van der Waals surface area contributed by atoms with Gasteiger partial charge >= 0.3 is 0 Å². The third kappa shape index (κ3) is 2.89. The maximum absolute atomic E-state index is 13.7. The summed E-state index contributed by atoms with van der Waals surface area (Å²) in [5.41, 5.74) is 6.98. The molecule has 6 heteroatoms. The number of amides is 1. The highest BCUT2D eigenvalue weighted by Crippen LogP contribution is 2.48. The van der Waals surface area contributed by atoms with E-state index in [9.17, 15) is 9.18 Å². The molecule has 0 radical (unpaired) electrons. The van der Waals surface area contributed by atoms with Gasteiger partial charge in [-0.3, -0.25) is 4.79 Å². The normalized spacial score (nSPS) is 19.8. The lowest BCUT2D eigenvalue weighted by Crippen LogP contribution is -2.15. The molecular formula is C16H13Cl2FN2O. The average Bonchev–Trinajstić information content (AvgIpc) is 3.25. The smallest absolute Gasteiger partial charge is 0.228 e. The molecule has 1 saturated carbocycles. The number of hydrogen-bond acceptors (Lipinski definition) is 2. The predicted molar refractivity (Wildman–Crippen MR) is 86.8 cm³/mol. The molecule has 1 fully saturated rings. The topological polar surface area (TPSA) is 55.1 Å². The number of anilines is 2. The number of nitrogens with one attached hydrogen (secondary N) is 1. The van der Waals surface area contributed by atoms with Crippen molar-refractivity contribution in [3.63, 3.8) is 0 Å². The molecule has 0 aromatic heterocycles. The molecular weight excluding hydrogens is 326 g/mol. The summed E-state index contributed by atoms with van der Waals surface area (Å²) in [7, 11) is 0. The second-order valence-corrected chi connectivity index (χ2v) is 6.13. The Balaban J connectivity index is 1.71. The van der Waals surface area contributed by atoms with Crippen LogP contribution in [0.3, 0.4) is 0 Å². The number of halogens is 3. The van der Waals surface area contributed by atoms with E-state index in [1.54, 1.807) is 30.3 Å².